The first-order chi connectivity index (χ1) is 7.25. The largest absolute Gasteiger partial charge is 0.206 e. The smallest absolute Gasteiger partial charge is 0.151 e. The zero-order chi connectivity index (χ0) is 10.7. The van der Waals surface area contributed by atoms with Gasteiger partial charge in [-0.25, -0.2) is 4.39 Å². The molecule has 1 aromatic carbocycles. The van der Waals surface area contributed by atoms with Crippen LogP contribution in [0.1, 0.15) is 0 Å². The van der Waals surface area contributed by atoms with Crippen LogP contribution in [-0.4, -0.2) is 10.2 Å². The zero-order valence-corrected chi connectivity index (χ0v) is 9.10. The molecule has 76 valence electrons. The lowest BCUT2D eigenvalue weighted by Gasteiger charge is -2.00. The molecule has 1 aromatic heterocycles. The molecule has 0 fully saturated rings. The van der Waals surface area contributed by atoms with Crippen molar-refractivity contribution in [3.63, 3.8) is 0 Å². The first-order valence-corrected chi connectivity index (χ1v) is 5.37. The topological polar surface area (TPSA) is 25.8 Å². The molecule has 0 saturated carbocycles. The van der Waals surface area contributed by atoms with Gasteiger partial charge in [0.1, 0.15) is 10.8 Å². The standard InChI is InChI=1S/C10H6ClFN2S/c11-9-5-6-10(14-13-9)15-8-4-2-1-3-7(8)12/h1-6H. The van der Waals surface area contributed by atoms with Gasteiger partial charge in [0, 0.05) is 4.90 Å². The number of halogens is 2. The molecule has 0 aliphatic carbocycles. The molecule has 0 amide bonds. The molecule has 0 unspecified atom stereocenters. The van der Waals surface area contributed by atoms with Gasteiger partial charge in [-0.3, -0.25) is 0 Å². The van der Waals surface area contributed by atoms with E-state index in [2.05, 4.69) is 10.2 Å². The molecule has 0 N–H and O–H groups in total. The van der Waals surface area contributed by atoms with Crippen LogP contribution >= 0.6 is 23.4 Å². The Morgan fingerprint density at radius 2 is 1.87 bits per heavy atom. The van der Waals surface area contributed by atoms with E-state index in [1.54, 1.807) is 30.3 Å². The number of aromatic nitrogens is 2. The molecule has 0 saturated heterocycles. The lowest BCUT2D eigenvalue weighted by atomic mass is 10.3. The summed E-state index contributed by atoms with van der Waals surface area (Å²) in [6.45, 7) is 0. The SMILES string of the molecule is Fc1ccccc1Sc1ccc(Cl)nn1. The molecule has 0 radical (unpaired) electrons. The van der Waals surface area contributed by atoms with Gasteiger partial charge in [-0.05, 0) is 24.3 Å². The van der Waals surface area contributed by atoms with Gasteiger partial charge >= 0.3 is 0 Å². The molecule has 15 heavy (non-hydrogen) atoms. The Balaban J connectivity index is 2.22. The summed E-state index contributed by atoms with van der Waals surface area (Å²) in [4.78, 5) is 0.522. The van der Waals surface area contributed by atoms with Crippen LogP contribution in [0.2, 0.25) is 5.15 Å². The summed E-state index contributed by atoms with van der Waals surface area (Å²) >= 11 is 6.80. The molecule has 0 aliphatic heterocycles. The zero-order valence-electron chi connectivity index (χ0n) is 7.52. The van der Waals surface area contributed by atoms with Crippen molar-refractivity contribution < 1.29 is 4.39 Å². The number of hydrogen-bond acceptors (Lipinski definition) is 3. The minimum Gasteiger partial charge on any atom is -0.206 e. The van der Waals surface area contributed by atoms with Gasteiger partial charge in [-0.15, -0.1) is 10.2 Å². The van der Waals surface area contributed by atoms with E-state index in [-0.39, 0.29) is 5.82 Å². The number of hydrogen-bond donors (Lipinski definition) is 0. The first-order valence-electron chi connectivity index (χ1n) is 4.17. The van der Waals surface area contributed by atoms with Crippen LogP contribution in [-0.2, 0) is 0 Å². The lowest BCUT2D eigenvalue weighted by molar-refractivity contribution is 0.602. The molecule has 0 atom stereocenters. The fraction of sp³-hybridized carbons (Fsp3) is 0. The average Bonchev–Trinajstić information content (AvgIpc) is 2.25. The minimum atomic E-state index is -0.265. The molecular weight excluding hydrogens is 235 g/mol. The van der Waals surface area contributed by atoms with Gasteiger partial charge in [0.2, 0.25) is 0 Å². The summed E-state index contributed by atoms with van der Waals surface area (Å²) in [6.07, 6.45) is 0. The predicted octanol–water partition coefficient (Wildman–Crippen LogP) is 3.42. The van der Waals surface area contributed by atoms with Gasteiger partial charge in [0.05, 0.1) is 0 Å². The van der Waals surface area contributed by atoms with E-state index in [0.717, 1.165) is 0 Å². The van der Waals surface area contributed by atoms with Gasteiger partial charge in [0.15, 0.2) is 5.15 Å². The molecule has 0 spiro atoms. The number of rotatable bonds is 2. The van der Waals surface area contributed by atoms with Crippen molar-refractivity contribution in [3.05, 3.63) is 47.4 Å². The molecule has 0 bridgehead atoms. The van der Waals surface area contributed by atoms with E-state index < -0.39 is 0 Å². The maximum absolute atomic E-state index is 13.3. The fourth-order valence-electron chi connectivity index (χ4n) is 0.998. The Kier molecular flexibility index (Phi) is 3.18. The summed E-state index contributed by atoms with van der Waals surface area (Å²) in [5.74, 6) is -0.265. The fourth-order valence-corrected chi connectivity index (χ4v) is 1.85. The summed E-state index contributed by atoms with van der Waals surface area (Å²) in [7, 11) is 0. The number of benzene rings is 1. The molecular formula is C10H6ClFN2S. The third kappa shape index (κ3) is 2.67. The van der Waals surface area contributed by atoms with Crippen molar-refractivity contribution in [3.8, 4) is 0 Å². The van der Waals surface area contributed by atoms with Crippen LogP contribution in [0, 0.1) is 5.82 Å². The quantitative estimate of drug-likeness (QED) is 0.805. The van der Waals surface area contributed by atoms with Crippen molar-refractivity contribution in [2.24, 2.45) is 0 Å². The summed E-state index contributed by atoms with van der Waals surface area (Å²) in [6, 6.07) is 9.84. The second-order valence-electron chi connectivity index (χ2n) is 2.73. The van der Waals surface area contributed by atoms with Gasteiger partial charge < -0.3 is 0 Å². The Labute approximate surface area is 95.5 Å². The highest BCUT2D eigenvalue weighted by Gasteiger charge is 2.04. The first kappa shape index (κ1) is 10.4. The highest BCUT2D eigenvalue weighted by atomic mass is 35.5. The average molecular weight is 241 g/mol. The van der Waals surface area contributed by atoms with E-state index in [1.165, 1.54) is 17.8 Å². The van der Waals surface area contributed by atoms with Crippen molar-refractivity contribution >= 4 is 23.4 Å². The van der Waals surface area contributed by atoms with E-state index in [4.69, 9.17) is 11.6 Å². The number of nitrogens with zero attached hydrogens (tertiary/aromatic N) is 2. The molecule has 2 nitrogen and oxygen atoms in total. The van der Waals surface area contributed by atoms with Gasteiger partial charge in [-0.2, -0.15) is 0 Å². The summed E-state index contributed by atoms with van der Waals surface area (Å²) in [5, 5.41) is 8.45. The molecule has 0 aliphatic rings. The molecule has 5 heteroatoms. The maximum atomic E-state index is 13.3. The lowest BCUT2D eigenvalue weighted by Crippen LogP contribution is -1.86. The van der Waals surface area contributed by atoms with Crippen LogP contribution in [0.5, 0.6) is 0 Å². The van der Waals surface area contributed by atoms with Crippen LogP contribution in [0.25, 0.3) is 0 Å². The highest BCUT2D eigenvalue weighted by Crippen LogP contribution is 2.27. The Morgan fingerprint density at radius 1 is 1.07 bits per heavy atom. The van der Waals surface area contributed by atoms with Crippen LogP contribution in [0.4, 0.5) is 4.39 Å². The summed E-state index contributed by atoms with van der Waals surface area (Å²) < 4.78 is 13.3. The van der Waals surface area contributed by atoms with Crippen LogP contribution in [0.15, 0.2) is 46.3 Å². The Hall–Kier alpha value is -1.13. The predicted molar refractivity (Wildman–Crippen MR) is 57.6 cm³/mol. The van der Waals surface area contributed by atoms with Crippen molar-refractivity contribution in [2.75, 3.05) is 0 Å². The van der Waals surface area contributed by atoms with Crippen LogP contribution < -0.4 is 0 Å². The monoisotopic (exact) mass is 240 g/mol. The third-order valence-corrected chi connectivity index (χ3v) is 2.84. The van der Waals surface area contributed by atoms with E-state index in [1.807, 2.05) is 0 Å². The molecule has 2 aromatic rings. The Bertz CT molecular complexity index is 461. The van der Waals surface area contributed by atoms with Gasteiger partial charge in [0.25, 0.3) is 0 Å². The van der Waals surface area contributed by atoms with Crippen LogP contribution in [0.3, 0.4) is 0 Å². The highest BCUT2D eigenvalue weighted by molar-refractivity contribution is 7.99. The van der Waals surface area contributed by atoms with E-state index in [0.29, 0.717) is 15.1 Å². The second-order valence-corrected chi connectivity index (χ2v) is 4.18. The van der Waals surface area contributed by atoms with Crippen molar-refractivity contribution in [1.82, 2.24) is 10.2 Å². The normalized spacial score (nSPS) is 10.3. The van der Waals surface area contributed by atoms with Crippen molar-refractivity contribution in [1.29, 1.82) is 0 Å². The molecule has 1 heterocycles. The van der Waals surface area contributed by atoms with E-state index in [9.17, 15) is 4.39 Å². The summed E-state index contributed by atoms with van der Waals surface area (Å²) in [5.41, 5.74) is 0. The Morgan fingerprint density at radius 3 is 2.53 bits per heavy atom. The minimum absolute atomic E-state index is 0.265. The van der Waals surface area contributed by atoms with E-state index >= 15 is 0 Å². The second kappa shape index (κ2) is 4.59. The van der Waals surface area contributed by atoms with Crippen molar-refractivity contribution in [2.45, 2.75) is 9.92 Å². The third-order valence-electron chi connectivity index (χ3n) is 1.66. The molecule has 2 rings (SSSR count). The van der Waals surface area contributed by atoms with Gasteiger partial charge in [-0.1, -0.05) is 35.5 Å². The maximum Gasteiger partial charge on any atom is 0.151 e.